The van der Waals surface area contributed by atoms with Crippen LogP contribution in [0.1, 0.15) is 5.82 Å². The summed E-state index contributed by atoms with van der Waals surface area (Å²) in [5.74, 6) is 1.04. The van der Waals surface area contributed by atoms with Crippen molar-refractivity contribution in [2.45, 2.75) is 6.54 Å². The topological polar surface area (TPSA) is 93.8 Å². The zero-order valence-electron chi connectivity index (χ0n) is 19.5. The molecule has 0 saturated heterocycles. The molecule has 2 heterocycles. The monoisotopic (exact) mass is 527 g/mol. The molecule has 11 heteroatoms. The van der Waals surface area contributed by atoms with E-state index >= 15 is 0 Å². The maximum absolute atomic E-state index is 13.3. The van der Waals surface area contributed by atoms with Crippen molar-refractivity contribution in [3.8, 4) is 22.6 Å². The number of carbonyl (C=O) groups excluding carboxylic acids is 1. The number of benzene rings is 3. The Morgan fingerprint density at radius 2 is 1.67 bits per heavy atom. The summed E-state index contributed by atoms with van der Waals surface area (Å²) in [6.45, 7) is 0.667. The number of carbonyl (C=O) groups is 1. The van der Waals surface area contributed by atoms with Crippen molar-refractivity contribution >= 4 is 53.5 Å². The lowest BCUT2D eigenvalue weighted by Gasteiger charge is -2.18. The number of amides is 1. The van der Waals surface area contributed by atoms with Gasteiger partial charge in [0, 0.05) is 27.9 Å². The molecule has 2 N–H and O–H groups in total. The smallest absolute Gasteiger partial charge is 0.218 e. The van der Waals surface area contributed by atoms with Gasteiger partial charge in [0.2, 0.25) is 6.41 Å². The van der Waals surface area contributed by atoms with Crippen LogP contribution in [-0.4, -0.2) is 50.8 Å². The van der Waals surface area contributed by atoms with Gasteiger partial charge in [-0.15, -0.1) is 24.8 Å². The molecule has 0 fully saturated rings. The molecule has 3 aromatic carbocycles. The van der Waals surface area contributed by atoms with Crippen LogP contribution in [-0.2, 0) is 11.3 Å². The van der Waals surface area contributed by atoms with Crippen molar-refractivity contribution in [1.82, 2.24) is 30.3 Å². The lowest BCUT2D eigenvalue weighted by atomic mass is 10.0. The lowest BCUT2D eigenvalue weighted by Crippen LogP contribution is -2.13. The molecule has 0 spiro atoms. The molecule has 0 aliphatic carbocycles. The molecule has 186 valence electrons. The van der Waals surface area contributed by atoms with Gasteiger partial charge in [-0.3, -0.25) is 19.9 Å². The Morgan fingerprint density at radius 1 is 0.889 bits per heavy atom. The van der Waals surface area contributed by atoms with Crippen molar-refractivity contribution < 1.29 is 9.18 Å². The van der Waals surface area contributed by atoms with Gasteiger partial charge < -0.3 is 4.90 Å². The number of nitrogens with zero attached hydrogens (tertiary/aromatic N) is 5. The Bertz CT molecular complexity index is 1470. The number of aromatic nitrogens is 5. The number of halogens is 3. The molecule has 0 unspecified atom stereocenters. The van der Waals surface area contributed by atoms with Gasteiger partial charge in [0.15, 0.2) is 5.82 Å². The second-order valence-corrected chi connectivity index (χ2v) is 8.18. The standard InChI is InChI=1S/C25H22FN7O.2ClH/c1-32(2)14-23-27-25(31-29-23)17-6-11-22-21(13-17)24(30-28-22)16-4-3-5-20(12-16)33(15-34)19-9-7-18(26)8-10-19;;/h3-13,15H,14H2,1-2H3,(H,28,30)(H,27,29,31);2*1H. The second kappa shape index (κ2) is 11.3. The van der Waals surface area contributed by atoms with Crippen LogP contribution in [0.4, 0.5) is 15.8 Å². The van der Waals surface area contributed by atoms with E-state index in [4.69, 9.17) is 0 Å². The molecule has 8 nitrogen and oxygen atoms in total. The summed E-state index contributed by atoms with van der Waals surface area (Å²) in [4.78, 5) is 19.9. The first-order valence-electron chi connectivity index (χ1n) is 10.7. The number of rotatable bonds is 7. The van der Waals surface area contributed by atoms with E-state index in [9.17, 15) is 9.18 Å². The number of H-pyrrole nitrogens is 2. The molecule has 0 radical (unpaired) electrons. The van der Waals surface area contributed by atoms with Crippen LogP contribution in [0.25, 0.3) is 33.5 Å². The number of fused-ring (bicyclic) bond motifs is 1. The molecule has 1 amide bonds. The van der Waals surface area contributed by atoms with E-state index in [0.717, 1.165) is 33.5 Å². The minimum Gasteiger partial charge on any atom is -0.302 e. The normalized spacial score (nSPS) is 10.7. The average molecular weight is 528 g/mol. The van der Waals surface area contributed by atoms with Crippen molar-refractivity contribution in [3.05, 3.63) is 78.4 Å². The Morgan fingerprint density at radius 3 is 2.39 bits per heavy atom. The van der Waals surface area contributed by atoms with Crippen LogP contribution in [0, 0.1) is 5.82 Å². The Hall–Kier alpha value is -3.79. The Balaban J connectivity index is 0.00000180. The minimum absolute atomic E-state index is 0. The predicted molar refractivity (Wildman–Crippen MR) is 143 cm³/mol. The Labute approximate surface area is 219 Å². The van der Waals surface area contributed by atoms with Crippen molar-refractivity contribution in [3.63, 3.8) is 0 Å². The molecular weight excluding hydrogens is 504 g/mol. The van der Waals surface area contributed by atoms with Crippen molar-refractivity contribution in [2.75, 3.05) is 19.0 Å². The average Bonchev–Trinajstić information content (AvgIpc) is 3.47. The van der Waals surface area contributed by atoms with Gasteiger partial charge in [0.05, 0.1) is 17.8 Å². The predicted octanol–water partition coefficient (Wildman–Crippen LogP) is 5.35. The van der Waals surface area contributed by atoms with Crippen molar-refractivity contribution in [2.24, 2.45) is 0 Å². The summed E-state index contributed by atoms with van der Waals surface area (Å²) in [5.41, 5.74) is 4.53. The van der Waals surface area contributed by atoms with Crippen LogP contribution in [0.3, 0.4) is 0 Å². The third-order valence-corrected chi connectivity index (χ3v) is 5.43. The van der Waals surface area contributed by atoms with Gasteiger partial charge >= 0.3 is 0 Å². The largest absolute Gasteiger partial charge is 0.302 e. The van der Waals surface area contributed by atoms with Crippen molar-refractivity contribution in [1.29, 1.82) is 0 Å². The van der Waals surface area contributed by atoms with E-state index < -0.39 is 0 Å². The number of anilines is 2. The highest BCUT2D eigenvalue weighted by atomic mass is 35.5. The van der Waals surface area contributed by atoms with E-state index in [2.05, 4.69) is 25.4 Å². The summed E-state index contributed by atoms with van der Waals surface area (Å²) >= 11 is 0. The fraction of sp³-hybridized carbons (Fsp3) is 0.120. The van der Waals surface area contributed by atoms with E-state index in [1.807, 2.05) is 61.5 Å². The zero-order chi connectivity index (χ0) is 23.7. The second-order valence-electron chi connectivity index (χ2n) is 8.18. The summed E-state index contributed by atoms with van der Waals surface area (Å²) in [6.07, 6.45) is 0.710. The molecule has 36 heavy (non-hydrogen) atoms. The highest BCUT2D eigenvalue weighted by molar-refractivity contribution is 5.96. The highest BCUT2D eigenvalue weighted by Crippen LogP contribution is 2.33. The van der Waals surface area contributed by atoms with Gasteiger partial charge in [-0.05, 0) is 68.7 Å². The quantitative estimate of drug-likeness (QED) is 0.278. The molecule has 5 rings (SSSR count). The van der Waals surface area contributed by atoms with Crippen LogP contribution < -0.4 is 4.90 Å². The van der Waals surface area contributed by atoms with Gasteiger partial charge in [-0.25, -0.2) is 9.37 Å². The van der Waals surface area contributed by atoms with Gasteiger partial charge in [0.1, 0.15) is 11.6 Å². The summed E-state index contributed by atoms with van der Waals surface area (Å²) in [5, 5.41) is 15.8. The minimum atomic E-state index is -0.359. The molecule has 0 aliphatic heterocycles. The number of nitrogens with one attached hydrogen (secondary N) is 2. The molecule has 5 aromatic rings. The van der Waals surface area contributed by atoms with Gasteiger partial charge in [-0.2, -0.15) is 10.2 Å². The molecule has 0 bridgehead atoms. The molecule has 0 atom stereocenters. The fourth-order valence-corrected chi connectivity index (χ4v) is 3.84. The summed E-state index contributed by atoms with van der Waals surface area (Å²) in [7, 11) is 3.95. The SMILES string of the molecule is CN(C)Cc1nc(-c2ccc3[nH]nc(-c4cccc(N(C=O)c5ccc(F)cc5)c4)c3c2)n[nH]1.Cl.Cl. The highest BCUT2D eigenvalue weighted by Gasteiger charge is 2.15. The molecule has 0 saturated carbocycles. The maximum atomic E-state index is 13.3. The van der Waals surface area contributed by atoms with Gasteiger partial charge in [0.25, 0.3) is 0 Å². The fourth-order valence-electron chi connectivity index (χ4n) is 3.84. The summed E-state index contributed by atoms with van der Waals surface area (Å²) < 4.78 is 13.3. The number of hydrogen-bond donors (Lipinski definition) is 2. The third kappa shape index (κ3) is 5.38. The third-order valence-electron chi connectivity index (χ3n) is 5.43. The zero-order valence-corrected chi connectivity index (χ0v) is 21.1. The first-order valence-corrected chi connectivity index (χ1v) is 10.7. The van der Waals surface area contributed by atoms with E-state index in [-0.39, 0.29) is 30.6 Å². The number of aromatic amines is 2. The Kier molecular flexibility index (Phi) is 8.41. The van der Waals surface area contributed by atoms with E-state index in [1.54, 1.807) is 12.1 Å². The first kappa shape index (κ1) is 26.8. The summed E-state index contributed by atoms with van der Waals surface area (Å²) in [6, 6.07) is 19.2. The van der Waals surface area contributed by atoms with Crippen LogP contribution in [0.5, 0.6) is 0 Å². The van der Waals surface area contributed by atoms with E-state index in [0.29, 0.717) is 30.2 Å². The van der Waals surface area contributed by atoms with Crippen LogP contribution in [0.15, 0.2) is 66.7 Å². The number of hydrogen-bond acceptors (Lipinski definition) is 5. The van der Waals surface area contributed by atoms with E-state index in [1.165, 1.54) is 17.0 Å². The maximum Gasteiger partial charge on any atom is 0.218 e. The molecule has 2 aromatic heterocycles. The molecular formula is C25H24Cl2FN7O. The lowest BCUT2D eigenvalue weighted by molar-refractivity contribution is -0.106. The molecule has 0 aliphatic rings. The van der Waals surface area contributed by atoms with Crippen LogP contribution >= 0.6 is 24.8 Å². The first-order chi connectivity index (χ1) is 16.5. The van der Waals surface area contributed by atoms with Gasteiger partial charge in [-0.1, -0.05) is 12.1 Å². The van der Waals surface area contributed by atoms with Crippen LogP contribution in [0.2, 0.25) is 0 Å².